The van der Waals surface area contributed by atoms with E-state index in [1.54, 1.807) is 12.5 Å². The van der Waals surface area contributed by atoms with Crippen molar-refractivity contribution in [1.29, 1.82) is 0 Å². The third-order valence-corrected chi connectivity index (χ3v) is 2.00. The van der Waals surface area contributed by atoms with Crippen molar-refractivity contribution in [3.8, 4) is 0 Å². The van der Waals surface area contributed by atoms with Crippen LogP contribution in [0.5, 0.6) is 0 Å². The second kappa shape index (κ2) is 2.29. The third kappa shape index (κ3) is 0.902. The molecule has 0 aliphatic carbocycles. The monoisotopic (exact) mass is 170 g/mol. The summed E-state index contributed by atoms with van der Waals surface area (Å²) >= 11 is 0. The molecule has 13 heavy (non-hydrogen) atoms. The standard InChI is InChI=1S/C10H6N2O/c1-2-7-6-9-8(3-5-13-9)12-10(7)11-4-1/h1-6H. The van der Waals surface area contributed by atoms with Gasteiger partial charge in [-0.05, 0) is 18.2 Å². The molecule has 3 rings (SSSR count). The van der Waals surface area contributed by atoms with E-state index in [1.165, 1.54) is 0 Å². The van der Waals surface area contributed by atoms with Crippen molar-refractivity contribution >= 4 is 22.1 Å². The van der Waals surface area contributed by atoms with Crippen LogP contribution in [0.3, 0.4) is 0 Å². The van der Waals surface area contributed by atoms with Gasteiger partial charge in [0.05, 0.1) is 6.26 Å². The van der Waals surface area contributed by atoms with Crippen LogP contribution < -0.4 is 0 Å². The first-order valence-corrected chi connectivity index (χ1v) is 4.02. The fourth-order valence-corrected chi connectivity index (χ4v) is 1.39. The summed E-state index contributed by atoms with van der Waals surface area (Å²) < 4.78 is 5.24. The SMILES string of the molecule is c1cnc2nc3ccoc3cc2c1. The number of fused-ring (bicyclic) bond motifs is 2. The predicted octanol–water partition coefficient (Wildman–Crippen LogP) is 2.38. The summed E-state index contributed by atoms with van der Waals surface area (Å²) in [6, 6.07) is 7.64. The molecule has 0 spiro atoms. The Bertz CT molecular complexity index is 521. The second-order valence-corrected chi connectivity index (χ2v) is 2.84. The van der Waals surface area contributed by atoms with Gasteiger partial charge in [0.15, 0.2) is 11.2 Å². The van der Waals surface area contributed by atoms with Gasteiger partial charge >= 0.3 is 0 Å². The van der Waals surface area contributed by atoms with Crippen LogP contribution in [-0.4, -0.2) is 9.97 Å². The molecule has 3 nitrogen and oxygen atoms in total. The Hall–Kier alpha value is -1.90. The lowest BCUT2D eigenvalue weighted by Crippen LogP contribution is -1.81. The Balaban J connectivity index is 2.57. The predicted molar refractivity (Wildman–Crippen MR) is 49.3 cm³/mol. The molecule has 0 N–H and O–H groups in total. The summed E-state index contributed by atoms with van der Waals surface area (Å²) in [5.74, 6) is 0. The molecule has 3 heteroatoms. The van der Waals surface area contributed by atoms with Gasteiger partial charge in [-0.3, -0.25) is 0 Å². The van der Waals surface area contributed by atoms with Gasteiger partial charge in [-0.2, -0.15) is 0 Å². The van der Waals surface area contributed by atoms with E-state index in [1.807, 2.05) is 24.3 Å². The zero-order valence-electron chi connectivity index (χ0n) is 6.77. The topological polar surface area (TPSA) is 38.9 Å². The van der Waals surface area contributed by atoms with Gasteiger partial charge in [0.2, 0.25) is 0 Å². The maximum atomic E-state index is 5.24. The summed E-state index contributed by atoms with van der Waals surface area (Å²) in [5, 5.41) is 1.00. The largest absolute Gasteiger partial charge is 0.463 e. The first-order chi connectivity index (χ1) is 6.43. The summed E-state index contributed by atoms with van der Waals surface area (Å²) in [4.78, 5) is 8.49. The van der Waals surface area contributed by atoms with Gasteiger partial charge in [0.1, 0.15) is 5.52 Å². The smallest absolute Gasteiger partial charge is 0.160 e. The highest BCUT2D eigenvalue weighted by atomic mass is 16.3. The van der Waals surface area contributed by atoms with Gasteiger partial charge in [-0.1, -0.05) is 0 Å². The number of nitrogens with zero attached hydrogens (tertiary/aromatic N) is 2. The van der Waals surface area contributed by atoms with Crippen LogP contribution in [0.25, 0.3) is 22.1 Å². The van der Waals surface area contributed by atoms with Crippen LogP contribution in [0.15, 0.2) is 41.1 Å². The number of hydrogen-bond donors (Lipinski definition) is 0. The van der Waals surface area contributed by atoms with E-state index >= 15 is 0 Å². The molecule has 0 fully saturated rings. The van der Waals surface area contributed by atoms with Gasteiger partial charge in [0.25, 0.3) is 0 Å². The third-order valence-electron chi connectivity index (χ3n) is 2.00. The van der Waals surface area contributed by atoms with E-state index in [2.05, 4.69) is 9.97 Å². The summed E-state index contributed by atoms with van der Waals surface area (Å²) in [6.07, 6.45) is 3.37. The first kappa shape index (κ1) is 6.60. The lowest BCUT2D eigenvalue weighted by atomic mass is 10.3. The van der Waals surface area contributed by atoms with Gasteiger partial charge in [-0.25, -0.2) is 9.97 Å². The van der Waals surface area contributed by atoms with Crippen LogP contribution >= 0.6 is 0 Å². The van der Waals surface area contributed by atoms with E-state index in [4.69, 9.17) is 4.42 Å². The van der Waals surface area contributed by atoms with Crippen LogP contribution in [0.2, 0.25) is 0 Å². The number of furan rings is 1. The van der Waals surface area contributed by atoms with E-state index in [-0.39, 0.29) is 0 Å². The maximum absolute atomic E-state index is 5.24. The van der Waals surface area contributed by atoms with Crippen LogP contribution in [0, 0.1) is 0 Å². The van der Waals surface area contributed by atoms with E-state index in [0.29, 0.717) is 0 Å². The minimum atomic E-state index is 0.761. The lowest BCUT2D eigenvalue weighted by molar-refractivity contribution is 0.616. The molecule has 0 saturated heterocycles. The van der Waals surface area contributed by atoms with E-state index in [0.717, 1.165) is 22.1 Å². The number of hydrogen-bond acceptors (Lipinski definition) is 3. The molecule has 3 aromatic rings. The molecule has 0 aliphatic heterocycles. The van der Waals surface area contributed by atoms with Crippen molar-refractivity contribution in [1.82, 2.24) is 9.97 Å². The van der Waals surface area contributed by atoms with Gasteiger partial charge in [0, 0.05) is 17.6 Å². The molecule has 0 aliphatic rings. The average Bonchev–Trinajstić information content (AvgIpc) is 2.61. The highest BCUT2D eigenvalue weighted by Gasteiger charge is 2.00. The molecule has 0 radical (unpaired) electrons. The van der Waals surface area contributed by atoms with E-state index < -0.39 is 0 Å². The normalized spacial score (nSPS) is 11.1. The minimum Gasteiger partial charge on any atom is -0.463 e. The van der Waals surface area contributed by atoms with Crippen LogP contribution in [0.1, 0.15) is 0 Å². The molecule has 0 unspecified atom stereocenters. The van der Waals surface area contributed by atoms with Gasteiger partial charge < -0.3 is 4.42 Å². The zero-order chi connectivity index (χ0) is 8.67. The molecular weight excluding hydrogens is 164 g/mol. The van der Waals surface area contributed by atoms with Crippen molar-refractivity contribution in [2.45, 2.75) is 0 Å². The summed E-state index contributed by atoms with van der Waals surface area (Å²) in [7, 11) is 0. The van der Waals surface area contributed by atoms with Crippen LogP contribution in [-0.2, 0) is 0 Å². The molecule has 0 atom stereocenters. The van der Waals surface area contributed by atoms with Crippen molar-refractivity contribution in [3.05, 3.63) is 36.7 Å². The Morgan fingerprint density at radius 2 is 2.23 bits per heavy atom. The van der Waals surface area contributed by atoms with E-state index in [9.17, 15) is 0 Å². The quantitative estimate of drug-likeness (QED) is 0.520. The molecule has 3 heterocycles. The fraction of sp³-hybridized carbons (Fsp3) is 0. The highest BCUT2D eigenvalue weighted by Crippen LogP contribution is 2.18. The summed E-state index contributed by atoms with van der Waals surface area (Å²) in [6.45, 7) is 0. The van der Waals surface area contributed by atoms with Crippen molar-refractivity contribution in [2.24, 2.45) is 0 Å². The fourth-order valence-electron chi connectivity index (χ4n) is 1.39. The van der Waals surface area contributed by atoms with Crippen molar-refractivity contribution in [2.75, 3.05) is 0 Å². The molecule has 62 valence electrons. The second-order valence-electron chi connectivity index (χ2n) is 2.84. The highest BCUT2D eigenvalue weighted by molar-refractivity contribution is 5.87. The van der Waals surface area contributed by atoms with Crippen molar-refractivity contribution < 1.29 is 4.42 Å². The Morgan fingerprint density at radius 1 is 1.23 bits per heavy atom. The number of aromatic nitrogens is 2. The molecular formula is C10H6N2O. The molecule has 3 aromatic heterocycles. The lowest BCUT2D eigenvalue weighted by Gasteiger charge is -1.93. The molecule has 0 saturated carbocycles. The summed E-state index contributed by atoms with van der Waals surface area (Å²) in [5.41, 5.74) is 2.42. The zero-order valence-corrected chi connectivity index (χ0v) is 6.77. The van der Waals surface area contributed by atoms with Crippen molar-refractivity contribution in [3.63, 3.8) is 0 Å². The number of pyridine rings is 2. The molecule has 0 aromatic carbocycles. The van der Waals surface area contributed by atoms with Gasteiger partial charge in [-0.15, -0.1) is 0 Å². The Labute approximate surface area is 74.0 Å². The first-order valence-electron chi connectivity index (χ1n) is 4.02. The molecule has 0 amide bonds. The molecule has 0 bridgehead atoms. The number of rotatable bonds is 0. The van der Waals surface area contributed by atoms with Crippen LogP contribution in [0.4, 0.5) is 0 Å². The Morgan fingerprint density at radius 3 is 3.23 bits per heavy atom. The average molecular weight is 170 g/mol. The Kier molecular flexibility index (Phi) is 1.16. The minimum absolute atomic E-state index is 0.761. The maximum Gasteiger partial charge on any atom is 0.160 e.